The van der Waals surface area contributed by atoms with Crippen molar-refractivity contribution in [2.24, 2.45) is 0 Å². The number of piperazine rings is 1. The number of hydrogen-bond donors (Lipinski definition) is 2. The van der Waals surface area contributed by atoms with E-state index in [0.29, 0.717) is 0 Å². The van der Waals surface area contributed by atoms with Crippen molar-refractivity contribution in [3.05, 3.63) is 36.0 Å². The monoisotopic (exact) mass is 265 g/mol. The van der Waals surface area contributed by atoms with Gasteiger partial charge in [0.2, 0.25) is 0 Å². The fraction of sp³-hybridized carbons (Fsp3) is 0.308. The summed E-state index contributed by atoms with van der Waals surface area (Å²) >= 11 is 0. The number of hydrogen-bond acceptors (Lipinski definition) is 2. The number of carbonyl (C=O) groups is 1. The molecule has 2 N–H and O–H groups in total. The van der Waals surface area contributed by atoms with Crippen LogP contribution >= 0.6 is 12.4 Å². The minimum atomic E-state index is 0. The van der Waals surface area contributed by atoms with Gasteiger partial charge in [-0.3, -0.25) is 4.79 Å². The Bertz CT molecular complexity index is 546. The second-order valence-corrected chi connectivity index (χ2v) is 4.29. The molecule has 1 aromatic heterocycles. The molecule has 3 rings (SSSR count). The number of halogens is 1. The SMILES string of the molecule is Cl.O=C(c1cccc2cc[nH]c12)N1CCNCC1. The zero-order valence-electron chi connectivity index (χ0n) is 9.98. The molecule has 1 aliphatic heterocycles. The molecule has 1 saturated heterocycles. The summed E-state index contributed by atoms with van der Waals surface area (Å²) < 4.78 is 0. The molecule has 0 aliphatic carbocycles. The molecule has 5 heteroatoms. The molecule has 0 radical (unpaired) electrons. The highest BCUT2D eigenvalue weighted by molar-refractivity contribution is 6.05. The number of benzene rings is 1. The van der Waals surface area contributed by atoms with E-state index < -0.39 is 0 Å². The Balaban J connectivity index is 0.00000120. The van der Waals surface area contributed by atoms with Crippen LogP contribution in [-0.4, -0.2) is 42.0 Å². The molecule has 2 aromatic rings. The van der Waals surface area contributed by atoms with Gasteiger partial charge >= 0.3 is 0 Å². The van der Waals surface area contributed by atoms with Crippen molar-refractivity contribution in [3.63, 3.8) is 0 Å². The molecule has 4 nitrogen and oxygen atoms in total. The van der Waals surface area contributed by atoms with Crippen molar-refractivity contribution in [2.75, 3.05) is 26.2 Å². The van der Waals surface area contributed by atoms with Gasteiger partial charge in [-0.25, -0.2) is 0 Å². The Morgan fingerprint density at radius 1 is 1.17 bits per heavy atom. The van der Waals surface area contributed by atoms with Gasteiger partial charge in [0.25, 0.3) is 5.91 Å². The Morgan fingerprint density at radius 3 is 2.72 bits per heavy atom. The van der Waals surface area contributed by atoms with Crippen LogP contribution in [0, 0.1) is 0 Å². The van der Waals surface area contributed by atoms with Gasteiger partial charge in [0, 0.05) is 37.8 Å². The highest BCUT2D eigenvalue weighted by Gasteiger charge is 2.19. The van der Waals surface area contributed by atoms with E-state index in [1.807, 2.05) is 35.4 Å². The van der Waals surface area contributed by atoms with Crippen LogP contribution in [0.3, 0.4) is 0 Å². The molecule has 0 unspecified atom stereocenters. The first-order valence-electron chi connectivity index (χ1n) is 5.92. The van der Waals surface area contributed by atoms with Crippen LogP contribution in [0.1, 0.15) is 10.4 Å². The lowest BCUT2D eigenvalue weighted by Crippen LogP contribution is -2.46. The molecule has 96 valence electrons. The summed E-state index contributed by atoms with van der Waals surface area (Å²) in [5.74, 6) is 0.125. The van der Waals surface area contributed by atoms with E-state index in [-0.39, 0.29) is 18.3 Å². The molecule has 1 aromatic carbocycles. The molecule has 0 saturated carbocycles. The lowest BCUT2D eigenvalue weighted by molar-refractivity contribution is 0.0737. The van der Waals surface area contributed by atoms with Gasteiger partial charge < -0.3 is 15.2 Å². The third kappa shape index (κ3) is 2.21. The number of amides is 1. The summed E-state index contributed by atoms with van der Waals surface area (Å²) in [6, 6.07) is 7.83. The highest BCUT2D eigenvalue weighted by Crippen LogP contribution is 2.18. The zero-order chi connectivity index (χ0) is 11.7. The van der Waals surface area contributed by atoms with Gasteiger partial charge in [0.1, 0.15) is 0 Å². The number of aromatic amines is 1. The number of carbonyl (C=O) groups excluding carboxylic acids is 1. The predicted octanol–water partition coefficient (Wildman–Crippen LogP) is 1.64. The van der Waals surface area contributed by atoms with Crippen molar-refractivity contribution in [3.8, 4) is 0 Å². The number of H-pyrrole nitrogens is 1. The quantitative estimate of drug-likeness (QED) is 0.824. The van der Waals surface area contributed by atoms with Crippen LogP contribution in [-0.2, 0) is 0 Å². The first kappa shape index (κ1) is 12.9. The van der Waals surface area contributed by atoms with E-state index in [1.54, 1.807) is 0 Å². The number of para-hydroxylation sites is 1. The lowest BCUT2D eigenvalue weighted by atomic mass is 10.1. The Morgan fingerprint density at radius 2 is 1.94 bits per heavy atom. The summed E-state index contributed by atoms with van der Waals surface area (Å²) in [6.45, 7) is 3.34. The third-order valence-electron chi connectivity index (χ3n) is 3.22. The van der Waals surface area contributed by atoms with Crippen LogP contribution in [0.15, 0.2) is 30.5 Å². The Kier molecular flexibility index (Phi) is 3.89. The van der Waals surface area contributed by atoms with Gasteiger partial charge in [-0.15, -0.1) is 12.4 Å². The van der Waals surface area contributed by atoms with Gasteiger partial charge in [0.15, 0.2) is 0 Å². The molecule has 0 bridgehead atoms. The molecular weight excluding hydrogens is 250 g/mol. The van der Waals surface area contributed by atoms with Crippen LogP contribution in [0.4, 0.5) is 0 Å². The maximum Gasteiger partial charge on any atom is 0.256 e. The average Bonchev–Trinajstić information content (AvgIpc) is 2.87. The van der Waals surface area contributed by atoms with Crippen molar-refractivity contribution < 1.29 is 4.79 Å². The number of aromatic nitrogens is 1. The van der Waals surface area contributed by atoms with E-state index in [0.717, 1.165) is 42.6 Å². The normalized spacial score (nSPS) is 15.4. The summed E-state index contributed by atoms with van der Waals surface area (Å²) in [5.41, 5.74) is 1.71. The number of nitrogens with zero attached hydrogens (tertiary/aromatic N) is 1. The van der Waals surface area contributed by atoms with E-state index in [2.05, 4.69) is 10.3 Å². The van der Waals surface area contributed by atoms with E-state index in [4.69, 9.17) is 0 Å². The molecule has 1 fully saturated rings. The number of fused-ring (bicyclic) bond motifs is 1. The Hall–Kier alpha value is -1.52. The van der Waals surface area contributed by atoms with Crippen molar-refractivity contribution in [1.82, 2.24) is 15.2 Å². The fourth-order valence-corrected chi connectivity index (χ4v) is 2.30. The smallest absolute Gasteiger partial charge is 0.256 e. The average molecular weight is 266 g/mol. The van der Waals surface area contributed by atoms with Crippen LogP contribution < -0.4 is 5.32 Å². The van der Waals surface area contributed by atoms with Crippen molar-refractivity contribution in [1.29, 1.82) is 0 Å². The maximum atomic E-state index is 12.4. The molecule has 2 heterocycles. The first-order chi connectivity index (χ1) is 8.36. The van der Waals surface area contributed by atoms with E-state index in [1.165, 1.54) is 0 Å². The van der Waals surface area contributed by atoms with Crippen LogP contribution in [0.25, 0.3) is 10.9 Å². The van der Waals surface area contributed by atoms with Gasteiger partial charge in [-0.2, -0.15) is 0 Å². The summed E-state index contributed by atoms with van der Waals surface area (Å²) in [4.78, 5) is 17.4. The fourth-order valence-electron chi connectivity index (χ4n) is 2.30. The standard InChI is InChI=1S/C13H15N3O.ClH/c17-13(16-8-6-14-7-9-16)11-3-1-2-10-4-5-15-12(10)11;/h1-5,14-15H,6-9H2;1H. The second kappa shape index (κ2) is 5.42. The molecule has 0 atom stereocenters. The first-order valence-corrected chi connectivity index (χ1v) is 5.92. The maximum absolute atomic E-state index is 12.4. The van der Waals surface area contributed by atoms with Gasteiger partial charge in [-0.05, 0) is 12.1 Å². The highest BCUT2D eigenvalue weighted by atomic mass is 35.5. The molecule has 18 heavy (non-hydrogen) atoms. The predicted molar refractivity (Wildman–Crippen MR) is 74.3 cm³/mol. The number of rotatable bonds is 1. The summed E-state index contributed by atoms with van der Waals surface area (Å²) in [6.07, 6.45) is 1.87. The van der Waals surface area contributed by atoms with Crippen molar-refractivity contribution in [2.45, 2.75) is 0 Å². The summed E-state index contributed by atoms with van der Waals surface area (Å²) in [7, 11) is 0. The number of nitrogens with one attached hydrogen (secondary N) is 2. The second-order valence-electron chi connectivity index (χ2n) is 4.29. The molecule has 1 aliphatic rings. The summed E-state index contributed by atoms with van der Waals surface area (Å²) in [5, 5.41) is 4.34. The third-order valence-corrected chi connectivity index (χ3v) is 3.22. The van der Waals surface area contributed by atoms with Crippen LogP contribution in [0.5, 0.6) is 0 Å². The van der Waals surface area contributed by atoms with Crippen molar-refractivity contribution >= 4 is 29.2 Å². The minimum absolute atomic E-state index is 0. The van der Waals surface area contributed by atoms with Gasteiger partial charge in [0.05, 0.1) is 11.1 Å². The molecule has 0 spiro atoms. The van der Waals surface area contributed by atoms with Gasteiger partial charge in [-0.1, -0.05) is 12.1 Å². The molecular formula is C13H16ClN3O. The zero-order valence-corrected chi connectivity index (χ0v) is 10.8. The largest absolute Gasteiger partial charge is 0.361 e. The lowest BCUT2D eigenvalue weighted by Gasteiger charge is -2.27. The van der Waals surface area contributed by atoms with E-state index in [9.17, 15) is 4.79 Å². The Labute approximate surface area is 112 Å². The minimum Gasteiger partial charge on any atom is -0.361 e. The topological polar surface area (TPSA) is 48.1 Å². The van der Waals surface area contributed by atoms with Crippen LogP contribution in [0.2, 0.25) is 0 Å². The van der Waals surface area contributed by atoms with E-state index >= 15 is 0 Å². The molecule has 1 amide bonds.